The van der Waals surface area contributed by atoms with Crippen molar-refractivity contribution in [2.45, 2.75) is 53.1 Å². The first kappa shape index (κ1) is 20.3. The Morgan fingerprint density at radius 3 is 2.00 bits per heavy atom. The smallest absolute Gasteiger partial charge is 0.263 e. The van der Waals surface area contributed by atoms with Crippen molar-refractivity contribution in [1.82, 2.24) is 9.80 Å². The van der Waals surface area contributed by atoms with Gasteiger partial charge in [0, 0.05) is 32.1 Å². The molecule has 1 aliphatic heterocycles. The van der Waals surface area contributed by atoms with E-state index in [1.54, 1.807) is 11.8 Å². The van der Waals surface area contributed by atoms with Crippen molar-refractivity contribution in [3.8, 4) is 5.75 Å². The average Bonchev–Trinajstić information content (AvgIpc) is 2.60. The van der Waals surface area contributed by atoms with Gasteiger partial charge in [-0.25, -0.2) is 0 Å². The molecule has 1 heterocycles. The molecule has 1 saturated heterocycles. The van der Waals surface area contributed by atoms with Crippen molar-refractivity contribution < 1.29 is 14.3 Å². The molecular formula is C21H32N2O3. The van der Waals surface area contributed by atoms with Gasteiger partial charge in [-0.15, -0.1) is 0 Å². The minimum absolute atomic E-state index is 0.00500. The molecule has 0 N–H and O–H groups in total. The molecule has 5 nitrogen and oxygen atoms in total. The van der Waals surface area contributed by atoms with E-state index in [-0.39, 0.29) is 23.1 Å². The van der Waals surface area contributed by atoms with Gasteiger partial charge in [-0.3, -0.25) is 9.59 Å². The molecule has 144 valence electrons. The summed E-state index contributed by atoms with van der Waals surface area (Å²) in [5, 5.41) is 0. The van der Waals surface area contributed by atoms with Crippen LogP contribution in [0.1, 0.15) is 47.1 Å². The Balaban J connectivity index is 1.94. The Kier molecular flexibility index (Phi) is 6.32. The SMILES string of the molecule is CC(C)C(=O)N1CCN(C(=O)C(C)Oc2cccc(C(C)(C)C)c2)CC1. The molecule has 0 aliphatic carbocycles. The fraction of sp³-hybridized carbons (Fsp3) is 0.619. The quantitative estimate of drug-likeness (QED) is 0.829. The van der Waals surface area contributed by atoms with Crippen molar-refractivity contribution in [3.63, 3.8) is 0 Å². The van der Waals surface area contributed by atoms with Crippen LogP contribution in [0.3, 0.4) is 0 Å². The summed E-state index contributed by atoms with van der Waals surface area (Å²) in [4.78, 5) is 28.4. The Labute approximate surface area is 157 Å². The number of hydrogen-bond acceptors (Lipinski definition) is 3. The Morgan fingerprint density at radius 2 is 1.50 bits per heavy atom. The number of carbonyl (C=O) groups is 2. The highest BCUT2D eigenvalue weighted by Crippen LogP contribution is 2.26. The molecular weight excluding hydrogens is 328 g/mol. The van der Waals surface area contributed by atoms with Gasteiger partial charge >= 0.3 is 0 Å². The molecule has 5 heteroatoms. The standard InChI is InChI=1S/C21H32N2O3/c1-15(2)19(24)22-10-12-23(13-11-22)20(25)16(3)26-18-9-7-8-17(14-18)21(4,5)6/h7-9,14-16H,10-13H2,1-6H3. The van der Waals surface area contributed by atoms with E-state index >= 15 is 0 Å². The molecule has 0 radical (unpaired) electrons. The van der Waals surface area contributed by atoms with E-state index in [9.17, 15) is 9.59 Å². The predicted octanol–water partition coefficient (Wildman–Crippen LogP) is 3.08. The van der Waals surface area contributed by atoms with Crippen molar-refractivity contribution in [2.75, 3.05) is 26.2 Å². The molecule has 1 fully saturated rings. The summed E-state index contributed by atoms with van der Waals surface area (Å²) < 4.78 is 5.91. The summed E-state index contributed by atoms with van der Waals surface area (Å²) in [5.74, 6) is 0.838. The lowest BCUT2D eigenvalue weighted by Crippen LogP contribution is -2.53. The lowest BCUT2D eigenvalue weighted by atomic mass is 9.87. The molecule has 1 aromatic carbocycles. The first-order valence-electron chi connectivity index (χ1n) is 9.44. The zero-order valence-corrected chi connectivity index (χ0v) is 16.9. The monoisotopic (exact) mass is 360 g/mol. The maximum Gasteiger partial charge on any atom is 0.263 e. The third-order valence-corrected chi connectivity index (χ3v) is 4.76. The topological polar surface area (TPSA) is 49.9 Å². The number of amides is 2. The van der Waals surface area contributed by atoms with Gasteiger partial charge in [-0.1, -0.05) is 46.8 Å². The molecule has 1 atom stereocenters. The molecule has 0 saturated carbocycles. The normalized spacial score (nSPS) is 16.6. The second kappa shape index (κ2) is 8.11. The highest BCUT2D eigenvalue weighted by Gasteiger charge is 2.28. The maximum absolute atomic E-state index is 12.7. The lowest BCUT2D eigenvalue weighted by Gasteiger charge is -2.36. The summed E-state index contributed by atoms with van der Waals surface area (Å²) in [5.41, 5.74) is 1.21. The predicted molar refractivity (Wildman–Crippen MR) is 103 cm³/mol. The van der Waals surface area contributed by atoms with Gasteiger partial charge in [0.05, 0.1) is 0 Å². The zero-order chi connectivity index (χ0) is 19.5. The highest BCUT2D eigenvalue weighted by atomic mass is 16.5. The van der Waals surface area contributed by atoms with Crippen molar-refractivity contribution in [1.29, 1.82) is 0 Å². The van der Waals surface area contributed by atoms with E-state index < -0.39 is 6.10 Å². The van der Waals surface area contributed by atoms with E-state index in [0.29, 0.717) is 31.9 Å². The van der Waals surface area contributed by atoms with E-state index in [4.69, 9.17) is 4.74 Å². The Bertz CT molecular complexity index is 641. The van der Waals surface area contributed by atoms with Gasteiger partial charge in [0.15, 0.2) is 6.10 Å². The molecule has 26 heavy (non-hydrogen) atoms. The molecule has 2 amide bonds. The van der Waals surface area contributed by atoms with Gasteiger partial charge in [-0.05, 0) is 30.0 Å². The van der Waals surface area contributed by atoms with Crippen molar-refractivity contribution >= 4 is 11.8 Å². The van der Waals surface area contributed by atoms with Gasteiger partial charge in [0.25, 0.3) is 5.91 Å². The Morgan fingerprint density at radius 1 is 0.962 bits per heavy atom. The van der Waals surface area contributed by atoms with Crippen LogP contribution in [0.15, 0.2) is 24.3 Å². The number of ether oxygens (including phenoxy) is 1. The third kappa shape index (κ3) is 4.99. The van der Waals surface area contributed by atoms with Crippen LogP contribution in [-0.4, -0.2) is 53.9 Å². The average molecular weight is 360 g/mol. The van der Waals surface area contributed by atoms with Gasteiger partial charge in [-0.2, -0.15) is 0 Å². The summed E-state index contributed by atoms with van der Waals surface area (Å²) in [6.45, 7) is 14.4. The molecule has 1 aliphatic rings. The third-order valence-electron chi connectivity index (χ3n) is 4.76. The molecule has 2 rings (SSSR count). The number of hydrogen-bond donors (Lipinski definition) is 0. The van der Waals surface area contributed by atoms with E-state index in [1.165, 1.54) is 5.56 Å². The fourth-order valence-electron chi connectivity index (χ4n) is 3.06. The van der Waals surface area contributed by atoms with Crippen LogP contribution in [0, 0.1) is 5.92 Å². The van der Waals surface area contributed by atoms with Gasteiger partial charge < -0.3 is 14.5 Å². The number of benzene rings is 1. The summed E-state index contributed by atoms with van der Waals surface area (Å²) in [7, 11) is 0. The summed E-state index contributed by atoms with van der Waals surface area (Å²) in [6.07, 6.45) is -0.544. The molecule has 1 aromatic rings. The minimum Gasteiger partial charge on any atom is -0.481 e. The number of nitrogens with zero attached hydrogens (tertiary/aromatic N) is 2. The first-order valence-corrected chi connectivity index (χ1v) is 9.44. The highest BCUT2D eigenvalue weighted by molar-refractivity contribution is 5.82. The first-order chi connectivity index (χ1) is 12.1. The van der Waals surface area contributed by atoms with Crippen molar-refractivity contribution in [3.05, 3.63) is 29.8 Å². The lowest BCUT2D eigenvalue weighted by molar-refractivity contribution is -0.144. The van der Waals surface area contributed by atoms with Crippen LogP contribution in [0.5, 0.6) is 5.75 Å². The molecule has 0 aromatic heterocycles. The number of piperazine rings is 1. The molecule has 0 spiro atoms. The van der Waals surface area contributed by atoms with E-state index in [2.05, 4.69) is 26.8 Å². The van der Waals surface area contributed by atoms with Crippen molar-refractivity contribution in [2.24, 2.45) is 5.92 Å². The molecule has 1 unspecified atom stereocenters. The largest absolute Gasteiger partial charge is 0.481 e. The Hall–Kier alpha value is -2.04. The van der Waals surface area contributed by atoms with Crippen LogP contribution in [0.4, 0.5) is 0 Å². The summed E-state index contributed by atoms with van der Waals surface area (Å²) >= 11 is 0. The number of rotatable bonds is 4. The van der Waals surface area contributed by atoms with E-state index in [1.807, 2.05) is 36.9 Å². The zero-order valence-electron chi connectivity index (χ0n) is 16.9. The fourth-order valence-corrected chi connectivity index (χ4v) is 3.06. The van der Waals surface area contributed by atoms with Crippen LogP contribution >= 0.6 is 0 Å². The maximum atomic E-state index is 12.7. The number of carbonyl (C=O) groups excluding carboxylic acids is 2. The van der Waals surface area contributed by atoms with Crippen LogP contribution in [0.2, 0.25) is 0 Å². The minimum atomic E-state index is -0.544. The van der Waals surface area contributed by atoms with Crippen LogP contribution in [-0.2, 0) is 15.0 Å². The van der Waals surface area contributed by atoms with Crippen LogP contribution in [0.25, 0.3) is 0 Å². The van der Waals surface area contributed by atoms with E-state index in [0.717, 1.165) is 0 Å². The van der Waals surface area contributed by atoms with Gasteiger partial charge in [0.2, 0.25) is 5.91 Å². The second-order valence-corrected chi connectivity index (χ2v) is 8.34. The second-order valence-electron chi connectivity index (χ2n) is 8.34. The van der Waals surface area contributed by atoms with Crippen LogP contribution < -0.4 is 4.74 Å². The molecule has 0 bridgehead atoms. The van der Waals surface area contributed by atoms with Gasteiger partial charge in [0.1, 0.15) is 5.75 Å². The summed E-state index contributed by atoms with van der Waals surface area (Å²) in [6, 6.07) is 7.93.